The summed E-state index contributed by atoms with van der Waals surface area (Å²) in [5.74, 6) is 0. The average Bonchev–Trinajstić information content (AvgIpc) is 3.27. The Kier molecular flexibility index (Phi) is 5.26. The van der Waals surface area contributed by atoms with Gasteiger partial charge in [0.25, 0.3) is 0 Å². The SMILES string of the molecule is O=C(NCCc1ccc(-n2cccn2)cc1)NC[C@H]1CCCO1. The number of hydrogen-bond donors (Lipinski definition) is 2. The van der Waals surface area contributed by atoms with Gasteiger partial charge in [-0.05, 0) is 43.0 Å². The van der Waals surface area contributed by atoms with E-state index in [0.717, 1.165) is 31.6 Å². The summed E-state index contributed by atoms with van der Waals surface area (Å²) >= 11 is 0. The Hall–Kier alpha value is -2.34. The van der Waals surface area contributed by atoms with Crippen molar-refractivity contribution >= 4 is 6.03 Å². The lowest BCUT2D eigenvalue weighted by atomic mass is 10.1. The third-order valence-electron chi connectivity index (χ3n) is 3.92. The van der Waals surface area contributed by atoms with Crippen LogP contribution in [-0.2, 0) is 11.2 Å². The molecule has 1 aromatic carbocycles. The van der Waals surface area contributed by atoms with Crippen LogP contribution >= 0.6 is 0 Å². The van der Waals surface area contributed by atoms with Crippen LogP contribution in [0.3, 0.4) is 0 Å². The van der Waals surface area contributed by atoms with E-state index < -0.39 is 0 Å². The first-order valence-corrected chi connectivity index (χ1v) is 8.03. The number of aromatic nitrogens is 2. The highest BCUT2D eigenvalue weighted by molar-refractivity contribution is 5.73. The van der Waals surface area contributed by atoms with Crippen LogP contribution in [0, 0.1) is 0 Å². The van der Waals surface area contributed by atoms with E-state index in [9.17, 15) is 4.79 Å². The molecule has 0 spiro atoms. The summed E-state index contributed by atoms with van der Waals surface area (Å²) < 4.78 is 7.29. The van der Waals surface area contributed by atoms with Crippen LogP contribution in [0.1, 0.15) is 18.4 Å². The lowest BCUT2D eigenvalue weighted by molar-refractivity contribution is 0.111. The number of urea groups is 1. The molecule has 3 rings (SSSR count). The van der Waals surface area contributed by atoms with Gasteiger partial charge in [0.05, 0.1) is 11.8 Å². The highest BCUT2D eigenvalue weighted by Gasteiger charge is 2.15. The van der Waals surface area contributed by atoms with Crippen molar-refractivity contribution in [1.29, 1.82) is 0 Å². The van der Waals surface area contributed by atoms with Gasteiger partial charge in [-0.3, -0.25) is 0 Å². The minimum absolute atomic E-state index is 0.131. The van der Waals surface area contributed by atoms with E-state index in [4.69, 9.17) is 4.74 Å². The number of rotatable bonds is 6. The number of carbonyl (C=O) groups is 1. The molecule has 0 saturated carbocycles. The molecule has 0 bridgehead atoms. The molecule has 122 valence electrons. The largest absolute Gasteiger partial charge is 0.376 e. The zero-order valence-corrected chi connectivity index (χ0v) is 13.1. The molecule has 6 nitrogen and oxygen atoms in total. The van der Waals surface area contributed by atoms with Crippen molar-refractivity contribution in [3.63, 3.8) is 0 Å². The molecule has 6 heteroatoms. The molecule has 23 heavy (non-hydrogen) atoms. The maximum Gasteiger partial charge on any atom is 0.314 e. The van der Waals surface area contributed by atoms with E-state index in [1.54, 1.807) is 6.20 Å². The first kappa shape index (κ1) is 15.6. The van der Waals surface area contributed by atoms with Gasteiger partial charge in [0.2, 0.25) is 0 Å². The monoisotopic (exact) mass is 314 g/mol. The van der Waals surface area contributed by atoms with E-state index in [1.165, 1.54) is 5.56 Å². The maximum atomic E-state index is 11.7. The first-order chi connectivity index (χ1) is 11.3. The first-order valence-electron chi connectivity index (χ1n) is 8.03. The molecule has 1 saturated heterocycles. The number of ether oxygens (including phenoxy) is 1. The van der Waals surface area contributed by atoms with E-state index in [0.29, 0.717) is 13.1 Å². The number of carbonyl (C=O) groups excluding carboxylic acids is 1. The predicted octanol–water partition coefficient (Wildman–Crippen LogP) is 1.89. The van der Waals surface area contributed by atoms with Gasteiger partial charge in [0, 0.05) is 32.1 Å². The third-order valence-corrected chi connectivity index (χ3v) is 3.92. The molecule has 1 aliphatic rings. The van der Waals surface area contributed by atoms with Crippen molar-refractivity contribution in [2.45, 2.75) is 25.4 Å². The quantitative estimate of drug-likeness (QED) is 0.855. The summed E-state index contributed by atoms with van der Waals surface area (Å²) in [7, 11) is 0. The normalized spacial score (nSPS) is 17.1. The van der Waals surface area contributed by atoms with Crippen molar-refractivity contribution in [1.82, 2.24) is 20.4 Å². The van der Waals surface area contributed by atoms with Gasteiger partial charge in [0.15, 0.2) is 0 Å². The average molecular weight is 314 g/mol. The molecule has 0 unspecified atom stereocenters. The van der Waals surface area contributed by atoms with Crippen LogP contribution in [-0.4, -0.2) is 41.6 Å². The van der Waals surface area contributed by atoms with E-state index in [1.807, 2.05) is 29.1 Å². The Morgan fingerprint density at radius 3 is 2.87 bits per heavy atom. The fraction of sp³-hybridized carbons (Fsp3) is 0.412. The lowest BCUT2D eigenvalue weighted by Crippen LogP contribution is -2.40. The smallest absolute Gasteiger partial charge is 0.314 e. The number of nitrogens with zero attached hydrogens (tertiary/aromatic N) is 2. The number of benzene rings is 1. The summed E-state index contributed by atoms with van der Waals surface area (Å²) in [6.07, 6.45) is 6.76. The molecule has 2 N–H and O–H groups in total. The van der Waals surface area contributed by atoms with Crippen LogP contribution in [0.25, 0.3) is 5.69 Å². The number of nitrogens with one attached hydrogen (secondary N) is 2. The third kappa shape index (κ3) is 4.56. The van der Waals surface area contributed by atoms with Crippen LogP contribution in [0.5, 0.6) is 0 Å². The molecule has 1 fully saturated rings. The molecule has 0 aliphatic carbocycles. The zero-order chi connectivity index (χ0) is 15.9. The predicted molar refractivity (Wildman–Crippen MR) is 87.6 cm³/mol. The van der Waals surface area contributed by atoms with Gasteiger partial charge in [-0.1, -0.05) is 12.1 Å². The second-order valence-corrected chi connectivity index (χ2v) is 5.64. The molecule has 2 aromatic rings. The Labute approximate surface area is 135 Å². The topological polar surface area (TPSA) is 68.2 Å². The molecule has 0 radical (unpaired) electrons. The molecular weight excluding hydrogens is 292 g/mol. The van der Waals surface area contributed by atoms with E-state index >= 15 is 0 Å². The maximum absolute atomic E-state index is 11.7. The summed E-state index contributed by atoms with van der Waals surface area (Å²) in [4.78, 5) is 11.7. The highest BCUT2D eigenvalue weighted by Crippen LogP contribution is 2.10. The van der Waals surface area contributed by atoms with E-state index in [-0.39, 0.29) is 12.1 Å². The second-order valence-electron chi connectivity index (χ2n) is 5.64. The van der Waals surface area contributed by atoms with Crippen LogP contribution in [0.15, 0.2) is 42.7 Å². The van der Waals surface area contributed by atoms with Gasteiger partial charge in [0.1, 0.15) is 0 Å². The van der Waals surface area contributed by atoms with Gasteiger partial charge in [-0.15, -0.1) is 0 Å². The van der Waals surface area contributed by atoms with Crippen molar-refractivity contribution < 1.29 is 9.53 Å². The molecule has 1 aliphatic heterocycles. The Morgan fingerprint density at radius 1 is 1.30 bits per heavy atom. The van der Waals surface area contributed by atoms with Gasteiger partial charge in [-0.2, -0.15) is 5.10 Å². The van der Waals surface area contributed by atoms with Crippen LogP contribution in [0.4, 0.5) is 4.79 Å². The molecular formula is C17H22N4O2. The highest BCUT2D eigenvalue weighted by atomic mass is 16.5. The van der Waals surface area contributed by atoms with Crippen molar-refractivity contribution in [2.24, 2.45) is 0 Å². The number of hydrogen-bond acceptors (Lipinski definition) is 3. The van der Waals surface area contributed by atoms with Crippen molar-refractivity contribution in [2.75, 3.05) is 19.7 Å². The summed E-state index contributed by atoms with van der Waals surface area (Å²) in [5, 5.41) is 9.92. The molecule has 2 heterocycles. The summed E-state index contributed by atoms with van der Waals surface area (Å²) in [6, 6.07) is 9.94. The van der Waals surface area contributed by atoms with Gasteiger partial charge >= 0.3 is 6.03 Å². The minimum atomic E-state index is -0.131. The van der Waals surface area contributed by atoms with Gasteiger partial charge in [-0.25, -0.2) is 9.48 Å². The van der Waals surface area contributed by atoms with Crippen molar-refractivity contribution in [3.8, 4) is 5.69 Å². The zero-order valence-electron chi connectivity index (χ0n) is 13.1. The van der Waals surface area contributed by atoms with Crippen LogP contribution in [0.2, 0.25) is 0 Å². The minimum Gasteiger partial charge on any atom is -0.376 e. The summed E-state index contributed by atoms with van der Waals surface area (Å²) in [5.41, 5.74) is 2.21. The standard InChI is InChI=1S/C17H22N4O2/c22-17(19-13-16-3-1-12-23-16)18-10-8-14-4-6-15(7-5-14)21-11-2-9-20-21/h2,4-7,9,11,16H,1,3,8,10,12-13H2,(H2,18,19,22)/t16-/m1/s1. The Bertz CT molecular complexity index is 604. The van der Waals surface area contributed by atoms with Crippen molar-refractivity contribution in [3.05, 3.63) is 48.3 Å². The van der Waals surface area contributed by atoms with Crippen LogP contribution < -0.4 is 10.6 Å². The molecule has 1 atom stereocenters. The second kappa shape index (κ2) is 7.78. The Morgan fingerprint density at radius 2 is 2.17 bits per heavy atom. The van der Waals surface area contributed by atoms with Gasteiger partial charge < -0.3 is 15.4 Å². The lowest BCUT2D eigenvalue weighted by Gasteiger charge is -2.11. The van der Waals surface area contributed by atoms with E-state index in [2.05, 4.69) is 27.9 Å². The number of amides is 2. The fourth-order valence-electron chi connectivity index (χ4n) is 2.63. The Balaban J connectivity index is 1.37. The summed E-state index contributed by atoms with van der Waals surface area (Å²) in [6.45, 7) is 2.01. The fourth-order valence-corrected chi connectivity index (χ4v) is 2.63. The molecule has 2 amide bonds. The molecule has 1 aromatic heterocycles.